The monoisotopic (exact) mass is 262 g/mol. The van der Waals surface area contributed by atoms with Crippen LogP contribution in [0, 0.1) is 0 Å². The minimum Gasteiger partial charge on any atom is -0.478 e. The van der Waals surface area contributed by atoms with Gasteiger partial charge in [-0.15, -0.1) is 0 Å². The summed E-state index contributed by atoms with van der Waals surface area (Å²) < 4.78 is 36.1. The first kappa shape index (κ1) is 13.8. The molecule has 0 unspecified atom stereocenters. The highest BCUT2D eigenvalue weighted by Gasteiger charge is 2.27. The van der Waals surface area contributed by atoms with E-state index in [9.17, 15) is 22.8 Å². The molecular weight excluding hydrogens is 253 g/mol. The van der Waals surface area contributed by atoms with Gasteiger partial charge < -0.3 is 16.2 Å². The Morgan fingerprint density at radius 3 is 2.39 bits per heavy atom. The summed E-state index contributed by atoms with van der Waals surface area (Å²) in [6.07, 6.45) is -4.49. The van der Waals surface area contributed by atoms with Crippen molar-refractivity contribution in [2.75, 3.05) is 11.9 Å². The molecule has 0 bridgehead atoms. The van der Waals surface area contributed by atoms with Gasteiger partial charge in [-0.2, -0.15) is 13.2 Å². The van der Waals surface area contributed by atoms with Crippen LogP contribution in [0.1, 0.15) is 20.7 Å². The molecule has 0 saturated carbocycles. The van der Waals surface area contributed by atoms with Crippen molar-refractivity contribution in [2.45, 2.75) is 6.18 Å². The average Bonchev–Trinajstić information content (AvgIpc) is 2.24. The Morgan fingerprint density at radius 2 is 1.94 bits per heavy atom. The van der Waals surface area contributed by atoms with Crippen LogP contribution in [0.4, 0.5) is 18.9 Å². The number of carboxylic acids is 1. The van der Waals surface area contributed by atoms with Crippen LogP contribution in [0.5, 0.6) is 0 Å². The van der Waals surface area contributed by atoms with Gasteiger partial charge in [0, 0.05) is 5.69 Å². The lowest BCUT2D eigenvalue weighted by atomic mass is 10.1. The number of nitrogens with two attached hydrogens (primary N) is 1. The molecule has 5 nitrogen and oxygen atoms in total. The molecule has 0 atom stereocenters. The van der Waals surface area contributed by atoms with Crippen molar-refractivity contribution in [3.05, 3.63) is 29.3 Å². The van der Waals surface area contributed by atoms with Gasteiger partial charge in [0.2, 0.25) is 0 Å². The summed E-state index contributed by atoms with van der Waals surface area (Å²) in [7, 11) is 0. The van der Waals surface area contributed by atoms with Crippen LogP contribution in [0.3, 0.4) is 0 Å². The molecule has 0 aliphatic carbocycles. The largest absolute Gasteiger partial charge is 0.478 e. The van der Waals surface area contributed by atoms with Crippen molar-refractivity contribution in [3.8, 4) is 0 Å². The van der Waals surface area contributed by atoms with Gasteiger partial charge in [-0.3, -0.25) is 4.79 Å². The number of carbonyl (C=O) groups is 2. The molecule has 0 radical (unpaired) electrons. The molecule has 98 valence electrons. The number of alkyl halides is 3. The Hall–Kier alpha value is -2.25. The van der Waals surface area contributed by atoms with Gasteiger partial charge in [-0.25, -0.2) is 4.79 Å². The Bertz CT molecular complexity index is 486. The average molecular weight is 262 g/mol. The fourth-order valence-corrected chi connectivity index (χ4v) is 1.23. The molecule has 0 fully saturated rings. The highest BCUT2D eigenvalue weighted by Crippen LogP contribution is 2.21. The van der Waals surface area contributed by atoms with E-state index in [0.717, 1.165) is 18.2 Å². The highest BCUT2D eigenvalue weighted by atomic mass is 19.4. The van der Waals surface area contributed by atoms with E-state index in [1.165, 1.54) is 0 Å². The van der Waals surface area contributed by atoms with Crippen LogP contribution >= 0.6 is 0 Å². The lowest BCUT2D eigenvalue weighted by Gasteiger charge is -2.12. The van der Waals surface area contributed by atoms with Crippen LogP contribution in [0.15, 0.2) is 18.2 Å². The molecule has 1 rings (SSSR count). The van der Waals surface area contributed by atoms with Crippen LogP contribution in [-0.2, 0) is 0 Å². The van der Waals surface area contributed by atoms with Crippen LogP contribution in [0.25, 0.3) is 0 Å². The van der Waals surface area contributed by atoms with E-state index in [1.54, 1.807) is 0 Å². The summed E-state index contributed by atoms with van der Waals surface area (Å²) in [5, 5.41) is 10.6. The number of hydrogen-bond acceptors (Lipinski definition) is 3. The normalized spacial score (nSPS) is 11.1. The zero-order chi connectivity index (χ0) is 13.9. The van der Waals surface area contributed by atoms with Crippen LogP contribution in [0.2, 0.25) is 0 Å². The van der Waals surface area contributed by atoms with E-state index in [4.69, 9.17) is 10.8 Å². The first-order chi connectivity index (χ1) is 8.20. The minimum absolute atomic E-state index is 0.204. The molecule has 0 aliphatic rings. The van der Waals surface area contributed by atoms with Crippen molar-refractivity contribution < 1.29 is 27.9 Å². The molecule has 8 heteroatoms. The second kappa shape index (κ2) is 4.94. The van der Waals surface area contributed by atoms with E-state index in [2.05, 4.69) is 0 Å². The van der Waals surface area contributed by atoms with Gasteiger partial charge in [-0.05, 0) is 18.2 Å². The van der Waals surface area contributed by atoms with E-state index in [1.807, 2.05) is 5.32 Å². The second-order valence-corrected chi connectivity index (χ2v) is 3.40. The summed E-state index contributed by atoms with van der Waals surface area (Å²) >= 11 is 0. The number of nitrogens with one attached hydrogen (secondary N) is 1. The number of primary amides is 1. The first-order valence-corrected chi connectivity index (χ1v) is 4.68. The first-order valence-electron chi connectivity index (χ1n) is 4.68. The molecule has 0 spiro atoms. The lowest BCUT2D eigenvalue weighted by molar-refractivity contribution is -0.115. The quantitative estimate of drug-likeness (QED) is 0.765. The maximum absolute atomic E-state index is 12.0. The zero-order valence-electron chi connectivity index (χ0n) is 8.91. The number of carbonyl (C=O) groups excluding carboxylic acids is 1. The van der Waals surface area contributed by atoms with Crippen LogP contribution < -0.4 is 11.1 Å². The number of amides is 1. The van der Waals surface area contributed by atoms with Crippen molar-refractivity contribution in [1.29, 1.82) is 0 Å². The molecule has 0 saturated heterocycles. The Balaban J connectivity index is 3.08. The fourth-order valence-electron chi connectivity index (χ4n) is 1.23. The SMILES string of the molecule is NC(=O)c1ccc(C(=O)O)cc1NCC(F)(F)F. The van der Waals surface area contributed by atoms with Crippen molar-refractivity contribution in [1.82, 2.24) is 0 Å². The Kier molecular flexibility index (Phi) is 3.79. The fraction of sp³-hybridized carbons (Fsp3) is 0.200. The molecule has 0 aromatic heterocycles. The molecule has 0 heterocycles. The third kappa shape index (κ3) is 3.65. The molecule has 1 aromatic rings. The molecule has 1 amide bonds. The number of benzene rings is 1. The van der Waals surface area contributed by atoms with Crippen LogP contribution in [-0.4, -0.2) is 29.7 Å². The summed E-state index contributed by atoms with van der Waals surface area (Å²) in [4.78, 5) is 21.7. The third-order valence-electron chi connectivity index (χ3n) is 2.01. The molecule has 18 heavy (non-hydrogen) atoms. The number of anilines is 1. The Morgan fingerprint density at radius 1 is 1.33 bits per heavy atom. The number of aromatic carboxylic acids is 1. The van der Waals surface area contributed by atoms with Crippen molar-refractivity contribution in [3.63, 3.8) is 0 Å². The number of hydrogen-bond donors (Lipinski definition) is 3. The summed E-state index contributed by atoms with van der Waals surface area (Å²) in [5.41, 5.74) is 4.26. The lowest BCUT2D eigenvalue weighted by Crippen LogP contribution is -2.23. The van der Waals surface area contributed by atoms with Gasteiger partial charge in [0.05, 0.1) is 11.1 Å². The topological polar surface area (TPSA) is 92.4 Å². The Labute approximate surface area is 99.4 Å². The smallest absolute Gasteiger partial charge is 0.405 e. The van der Waals surface area contributed by atoms with E-state index < -0.39 is 24.6 Å². The van der Waals surface area contributed by atoms with Gasteiger partial charge in [-0.1, -0.05) is 0 Å². The zero-order valence-corrected chi connectivity index (χ0v) is 8.91. The van der Waals surface area contributed by atoms with E-state index in [0.29, 0.717) is 0 Å². The predicted octanol–water partition coefficient (Wildman–Crippen LogP) is 1.46. The van der Waals surface area contributed by atoms with Crippen molar-refractivity contribution in [2.24, 2.45) is 5.73 Å². The molecule has 1 aromatic carbocycles. The van der Waals surface area contributed by atoms with E-state index >= 15 is 0 Å². The van der Waals surface area contributed by atoms with Gasteiger partial charge >= 0.3 is 12.1 Å². The maximum atomic E-state index is 12.0. The number of carboxylic acid groups (broad SMARTS) is 1. The molecule has 4 N–H and O–H groups in total. The predicted molar refractivity (Wildman–Crippen MR) is 56.5 cm³/mol. The van der Waals surface area contributed by atoms with Gasteiger partial charge in [0.15, 0.2) is 0 Å². The summed E-state index contributed by atoms with van der Waals surface area (Å²) in [5.74, 6) is -2.27. The molecular formula is C10H9F3N2O3. The summed E-state index contributed by atoms with van der Waals surface area (Å²) in [6.45, 7) is -1.39. The minimum atomic E-state index is -4.49. The second-order valence-electron chi connectivity index (χ2n) is 3.40. The van der Waals surface area contributed by atoms with Crippen molar-refractivity contribution >= 4 is 17.6 Å². The van der Waals surface area contributed by atoms with Gasteiger partial charge in [0.1, 0.15) is 6.54 Å². The highest BCUT2D eigenvalue weighted by molar-refractivity contribution is 6.00. The molecule has 0 aliphatic heterocycles. The maximum Gasteiger partial charge on any atom is 0.405 e. The number of rotatable bonds is 4. The standard InChI is InChI=1S/C10H9F3N2O3/c11-10(12,13)4-15-7-3-5(9(17)18)1-2-6(7)8(14)16/h1-3,15H,4H2,(H2,14,16)(H,17,18). The summed E-state index contributed by atoms with van der Waals surface area (Å²) in [6, 6.07) is 3.07. The van der Waals surface area contributed by atoms with E-state index in [-0.39, 0.29) is 16.8 Å². The number of halogens is 3. The third-order valence-corrected chi connectivity index (χ3v) is 2.01. The van der Waals surface area contributed by atoms with Gasteiger partial charge in [0.25, 0.3) is 5.91 Å².